The van der Waals surface area contributed by atoms with E-state index in [1.165, 1.54) is 24.3 Å². The molecule has 0 atom stereocenters. The first-order chi connectivity index (χ1) is 6.45. The Labute approximate surface area is 116 Å². The van der Waals surface area contributed by atoms with Crippen LogP contribution >= 0.6 is 0 Å². The molecule has 0 aliphatic carbocycles. The van der Waals surface area contributed by atoms with E-state index in [0.717, 1.165) is 6.92 Å². The molecule has 0 saturated heterocycles. The van der Waals surface area contributed by atoms with Gasteiger partial charge in [0, 0.05) is 5.97 Å². The van der Waals surface area contributed by atoms with E-state index in [9.17, 15) is 9.90 Å². The summed E-state index contributed by atoms with van der Waals surface area (Å²) in [6.45, 7) is 0.972. The molecular formula is C9H8CaO5. The van der Waals surface area contributed by atoms with Crippen LogP contribution in [0.3, 0.4) is 0 Å². The molecule has 0 fully saturated rings. The van der Waals surface area contributed by atoms with Crippen molar-refractivity contribution in [3.05, 3.63) is 29.8 Å². The van der Waals surface area contributed by atoms with Crippen LogP contribution in [-0.4, -0.2) is 54.8 Å². The number of aromatic carboxylic acids is 1. The van der Waals surface area contributed by atoms with E-state index in [1.807, 2.05) is 0 Å². The molecule has 0 heterocycles. The van der Waals surface area contributed by atoms with Crippen LogP contribution in [0.4, 0.5) is 0 Å². The SMILES string of the molecule is CC(=O)[O-].O=C(O)c1ccccc1[O-].[Ca+2]. The Bertz CT molecular complexity index is 333. The second kappa shape index (κ2) is 8.52. The largest absolute Gasteiger partial charge is 2.00 e. The molecule has 0 unspecified atom stereocenters. The third kappa shape index (κ3) is 8.23. The van der Waals surface area contributed by atoms with Crippen molar-refractivity contribution >= 4 is 49.7 Å². The van der Waals surface area contributed by atoms with Crippen LogP contribution in [0.1, 0.15) is 17.3 Å². The zero-order valence-electron chi connectivity index (χ0n) is 8.10. The predicted molar refractivity (Wildman–Crippen MR) is 49.3 cm³/mol. The van der Waals surface area contributed by atoms with Crippen LogP contribution in [0.15, 0.2) is 24.3 Å². The predicted octanol–water partition coefficient (Wildman–Crippen LogP) is -1.17. The molecule has 0 aliphatic rings. The van der Waals surface area contributed by atoms with E-state index >= 15 is 0 Å². The Hall–Kier alpha value is -0.780. The van der Waals surface area contributed by atoms with Gasteiger partial charge in [0.25, 0.3) is 0 Å². The number of para-hydroxylation sites is 1. The number of carboxylic acid groups (broad SMARTS) is 2. The van der Waals surface area contributed by atoms with E-state index in [4.69, 9.17) is 15.0 Å². The minimum absolute atomic E-state index is 0. The molecule has 0 bridgehead atoms. The van der Waals surface area contributed by atoms with E-state index in [1.54, 1.807) is 0 Å². The molecule has 15 heavy (non-hydrogen) atoms. The Kier molecular flexibility index (Phi) is 9.45. The van der Waals surface area contributed by atoms with Crippen molar-refractivity contribution in [2.75, 3.05) is 0 Å². The summed E-state index contributed by atoms with van der Waals surface area (Å²) in [5.41, 5.74) is -0.178. The van der Waals surface area contributed by atoms with E-state index in [0.29, 0.717) is 0 Å². The quantitative estimate of drug-likeness (QED) is 0.619. The molecule has 0 aromatic heterocycles. The van der Waals surface area contributed by atoms with Crippen LogP contribution in [-0.2, 0) is 4.79 Å². The number of carbonyl (C=O) groups is 2. The topological polar surface area (TPSA) is 100 Å². The first-order valence-electron chi connectivity index (χ1n) is 3.62. The summed E-state index contributed by atoms with van der Waals surface area (Å²) < 4.78 is 0. The molecule has 1 aromatic rings. The number of rotatable bonds is 1. The zero-order chi connectivity index (χ0) is 11.1. The third-order valence-corrected chi connectivity index (χ3v) is 1.12. The summed E-state index contributed by atoms with van der Waals surface area (Å²) >= 11 is 0. The van der Waals surface area contributed by atoms with Gasteiger partial charge in [-0.3, -0.25) is 0 Å². The first-order valence-corrected chi connectivity index (χ1v) is 3.62. The fraction of sp³-hybridized carbons (Fsp3) is 0.111. The van der Waals surface area contributed by atoms with Gasteiger partial charge in [-0.2, -0.15) is 0 Å². The zero-order valence-corrected chi connectivity index (χ0v) is 10.3. The van der Waals surface area contributed by atoms with Gasteiger partial charge in [-0.15, -0.1) is 0 Å². The maximum Gasteiger partial charge on any atom is 2.00 e. The maximum absolute atomic E-state index is 10.7. The number of carboxylic acids is 2. The van der Waals surface area contributed by atoms with Gasteiger partial charge in [0.05, 0.1) is 5.56 Å². The van der Waals surface area contributed by atoms with Crippen LogP contribution in [0.2, 0.25) is 0 Å². The molecule has 76 valence electrons. The Morgan fingerprint density at radius 1 is 1.27 bits per heavy atom. The van der Waals surface area contributed by atoms with Gasteiger partial charge in [0.15, 0.2) is 0 Å². The minimum atomic E-state index is -1.18. The van der Waals surface area contributed by atoms with Crippen LogP contribution in [0.5, 0.6) is 5.75 Å². The molecule has 5 nitrogen and oxygen atoms in total. The number of aliphatic carboxylic acids is 1. The van der Waals surface area contributed by atoms with Gasteiger partial charge < -0.3 is 20.1 Å². The molecule has 0 radical (unpaired) electrons. The summed E-state index contributed by atoms with van der Waals surface area (Å²) in [5, 5.41) is 27.9. The summed E-state index contributed by atoms with van der Waals surface area (Å²) in [7, 11) is 0. The van der Waals surface area contributed by atoms with Gasteiger partial charge in [-0.05, 0) is 13.0 Å². The fourth-order valence-corrected chi connectivity index (χ4v) is 0.643. The second-order valence-corrected chi connectivity index (χ2v) is 2.29. The minimum Gasteiger partial charge on any atom is -0.872 e. The molecule has 1 aromatic carbocycles. The Morgan fingerprint density at radius 3 is 1.93 bits per heavy atom. The molecule has 0 spiro atoms. The van der Waals surface area contributed by atoms with E-state index < -0.39 is 17.7 Å². The summed E-state index contributed by atoms with van der Waals surface area (Å²) in [5.74, 6) is -2.71. The van der Waals surface area contributed by atoms with E-state index in [2.05, 4.69) is 0 Å². The maximum atomic E-state index is 10.7. The molecular weight excluding hydrogens is 228 g/mol. The average molecular weight is 236 g/mol. The molecule has 1 N–H and O–H groups in total. The van der Waals surface area contributed by atoms with Gasteiger partial charge >= 0.3 is 43.7 Å². The van der Waals surface area contributed by atoms with E-state index in [-0.39, 0.29) is 43.3 Å². The van der Waals surface area contributed by atoms with Gasteiger partial charge in [-0.1, -0.05) is 23.9 Å². The summed E-state index contributed by atoms with van der Waals surface area (Å²) in [6.07, 6.45) is 0. The standard InChI is InChI=1S/C7H6O3.C2H4O2.Ca/c8-6-4-2-1-3-5(6)7(9)10;1-2(3)4;/h1-4,8H,(H,9,10);1H3,(H,3,4);/q;;+2/p-2. The van der Waals surface area contributed by atoms with Crippen LogP contribution < -0.4 is 10.2 Å². The second-order valence-electron chi connectivity index (χ2n) is 2.29. The van der Waals surface area contributed by atoms with Crippen molar-refractivity contribution in [2.24, 2.45) is 0 Å². The Balaban J connectivity index is 0. The summed E-state index contributed by atoms with van der Waals surface area (Å²) in [6, 6.07) is 5.54. The first kappa shape index (κ1) is 16.6. The normalized spacial score (nSPS) is 7.80. The molecule has 0 saturated carbocycles. The molecule has 0 amide bonds. The average Bonchev–Trinajstić information content (AvgIpc) is 2.03. The number of carbonyl (C=O) groups excluding carboxylic acids is 1. The number of hydrogen-bond acceptors (Lipinski definition) is 4. The van der Waals surface area contributed by atoms with Crippen LogP contribution in [0, 0.1) is 0 Å². The van der Waals surface area contributed by atoms with Crippen molar-refractivity contribution < 1.29 is 24.9 Å². The third-order valence-electron chi connectivity index (χ3n) is 1.12. The van der Waals surface area contributed by atoms with Crippen molar-refractivity contribution in [3.8, 4) is 5.75 Å². The molecule has 1 rings (SSSR count). The number of hydrogen-bond donors (Lipinski definition) is 1. The fourth-order valence-electron chi connectivity index (χ4n) is 0.643. The van der Waals surface area contributed by atoms with Crippen molar-refractivity contribution in [2.45, 2.75) is 6.92 Å². The Morgan fingerprint density at radius 2 is 1.67 bits per heavy atom. The van der Waals surface area contributed by atoms with Crippen molar-refractivity contribution in [1.29, 1.82) is 0 Å². The van der Waals surface area contributed by atoms with Crippen LogP contribution in [0.25, 0.3) is 0 Å². The smallest absolute Gasteiger partial charge is 0.872 e. The van der Waals surface area contributed by atoms with Gasteiger partial charge in [-0.25, -0.2) is 4.79 Å². The van der Waals surface area contributed by atoms with Crippen molar-refractivity contribution in [1.82, 2.24) is 0 Å². The number of benzene rings is 1. The molecule has 6 heteroatoms. The monoisotopic (exact) mass is 236 g/mol. The van der Waals surface area contributed by atoms with Gasteiger partial charge in [0.1, 0.15) is 0 Å². The summed E-state index contributed by atoms with van der Waals surface area (Å²) in [4.78, 5) is 19.1. The van der Waals surface area contributed by atoms with Crippen molar-refractivity contribution in [3.63, 3.8) is 0 Å². The molecule has 0 aliphatic heterocycles. The van der Waals surface area contributed by atoms with Gasteiger partial charge in [0.2, 0.25) is 0 Å².